The molecule has 5 heteroatoms. The van der Waals surface area contributed by atoms with Gasteiger partial charge in [0.2, 0.25) is 5.91 Å². The van der Waals surface area contributed by atoms with Gasteiger partial charge in [-0.2, -0.15) is 0 Å². The fourth-order valence-electron chi connectivity index (χ4n) is 3.44. The molecular weight excluding hydrogens is 352 g/mol. The van der Waals surface area contributed by atoms with E-state index in [1.807, 2.05) is 68.4 Å². The highest BCUT2D eigenvalue weighted by Crippen LogP contribution is 2.23. The van der Waals surface area contributed by atoms with E-state index in [9.17, 15) is 9.59 Å². The van der Waals surface area contributed by atoms with E-state index in [4.69, 9.17) is 4.74 Å². The molecule has 0 N–H and O–H groups in total. The first kappa shape index (κ1) is 19.8. The number of Topliss-reactive ketones (excluding diaryl/α,β-unsaturated/α-hetero) is 1. The lowest BCUT2D eigenvalue weighted by atomic mass is 9.98. The molecule has 5 nitrogen and oxygen atoms in total. The van der Waals surface area contributed by atoms with Crippen molar-refractivity contribution in [3.8, 4) is 0 Å². The van der Waals surface area contributed by atoms with Crippen molar-refractivity contribution in [2.45, 2.75) is 39.3 Å². The number of ether oxygens (including phenoxy) is 1. The van der Waals surface area contributed by atoms with Gasteiger partial charge in [-0.1, -0.05) is 54.6 Å². The zero-order valence-electron chi connectivity index (χ0n) is 16.4. The summed E-state index contributed by atoms with van der Waals surface area (Å²) in [5.74, 6) is 0.618. The lowest BCUT2D eigenvalue weighted by Gasteiger charge is -2.23. The number of rotatable bonds is 7. The molecule has 0 aliphatic carbocycles. The minimum absolute atomic E-state index is 0.0185. The summed E-state index contributed by atoms with van der Waals surface area (Å²) in [4.78, 5) is 31.3. The van der Waals surface area contributed by atoms with Gasteiger partial charge in [0.25, 0.3) is 0 Å². The van der Waals surface area contributed by atoms with Crippen LogP contribution < -0.4 is 0 Å². The van der Waals surface area contributed by atoms with Crippen LogP contribution in [0.15, 0.2) is 59.6 Å². The molecule has 0 aromatic heterocycles. The van der Waals surface area contributed by atoms with E-state index in [0.29, 0.717) is 44.0 Å². The lowest BCUT2D eigenvalue weighted by molar-refractivity contribution is -0.128. The molecule has 0 spiro atoms. The number of aryl methyl sites for hydroxylation is 1. The zero-order chi connectivity index (χ0) is 19.9. The summed E-state index contributed by atoms with van der Waals surface area (Å²) in [7, 11) is 0. The Balaban J connectivity index is 1.56. The molecule has 0 radical (unpaired) electrons. The summed E-state index contributed by atoms with van der Waals surface area (Å²) < 4.78 is 5.66. The number of hydrogen-bond acceptors (Lipinski definition) is 4. The minimum Gasteiger partial charge on any atom is -0.476 e. The first-order valence-electron chi connectivity index (χ1n) is 9.63. The molecule has 2 aromatic carbocycles. The van der Waals surface area contributed by atoms with Crippen LogP contribution in [0.4, 0.5) is 0 Å². The van der Waals surface area contributed by atoms with Gasteiger partial charge >= 0.3 is 0 Å². The first-order valence-corrected chi connectivity index (χ1v) is 9.63. The van der Waals surface area contributed by atoms with Crippen LogP contribution >= 0.6 is 0 Å². The van der Waals surface area contributed by atoms with E-state index in [0.717, 1.165) is 11.1 Å². The van der Waals surface area contributed by atoms with Crippen LogP contribution in [0.1, 0.15) is 41.3 Å². The summed E-state index contributed by atoms with van der Waals surface area (Å²) in [5.41, 5.74) is 2.71. The van der Waals surface area contributed by atoms with E-state index in [1.165, 1.54) is 0 Å². The Morgan fingerprint density at radius 2 is 1.86 bits per heavy atom. The fourth-order valence-corrected chi connectivity index (χ4v) is 3.44. The number of ketones is 1. The monoisotopic (exact) mass is 378 g/mol. The van der Waals surface area contributed by atoms with Gasteiger partial charge < -0.3 is 9.64 Å². The molecule has 1 aliphatic rings. The molecule has 1 saturated heterocycles. The Morgan fingerprint density at radius 1 is 1.14 bits per heavy atom. The molecule has 1 amide bonds. The maximum atomic E-state index is 12.9. The van der Waals surface area contributed by atoms with Crippen molar-refractivity contribution in [2.75, 3.05) is 13.1 Å². The Morgan fingerprint density at radius 3 is 2.61 bits per heavy atom. The highest BCUT2D eigenvalue weighted by Gasteiger charge is 2.36. The second-order valence-corrected chi connectivity index (χ2v) is 7.00. The van der Waals surface area contributed by atoms with Gasteiger partial charge in [0, 0.05) is 25.5 Å². The van der Waals surface area contributed by atoms with Crippen molar-refractivity contribution >= 4 is 17.6 Å². The number of amides is 1. The topological polar surface area (TPSA) is 59.0 Å². The normalized spacial score (nSPS) is 17.1. The second kappa shape index (κ2) is 9.31. The first-order chi connectivity index (χ1) is 13.6. The Hall–Kier alpha value is -2.95. The Bertz CT molecular complexity index is 861. The fraction of sp³-hybridized carbons (Fsp3) is 0.348. The van der Waals surface area contributed by atoms with Gasteiger partial charge in [-0.15, -0.1) is 0 Å². The molecule has 3 rings (SSSR count). The SMILES string of the molecule is CC(=NCCN1C(=O)CCC1C(=O)c1ccccc1C)OCc1ccccc1. The van der Waals surface area contributed by atoms with Crippen molar-refractivity contribution in [3.05, 3.63) is 71.3 Å². The van der Waals surface area contributed by atoms with Gasteiger partial charge in [0.1, 0.15) is 6.61 Å². The third kappa shape index (κ3) is 4.85. The van der Waals surface area contributed by atoms with E-state index in [2.05, 4.69) is 4.99 Å². The van der Waals surface area contributed by atoms with Crippen LogP contribution in [-0.4, -0.2) is 41.6 Å². The smallest absolute Gasteiger partial charge is 0.223 e. The lowest BCUT2D eigenvalue weighted by Crippen LogP contribution is -2.40. The number of nitrogens with zero attached hydrogens (tertiary/aromatic N) is 2. The largest absolute Gasteiger partial charge is 0.476 e. The average Bonchev–Trinajstić information content (AvgIpc) is 3.07. The molecule has 0 saturated carbocycles. The minimum atomic E-state index is -0.394. The van der Waals surface area contributed by atoms with Gasteiger partial charge in [0.05, 0.1) is 12.6 Å². The summed E-state index contributed by atoms with van der Waals surface area (Å²) in [5, 5.41) is 0. The number of benzene rings is 2. The van der Waals surface area contributed by atoms with Gasteiger partial charge in [-0.3, -0.25) is 14.6 Å². The van der Waals surface area contributed by atoms with Crippen LogP contribution in [-0.2, 0) is 16.1 Å². The molecule has 1 atom stereocenters. The number of aliphatic imine (C=N–C) groups is 1. The summed E-state index contributed by atoms with van der Waals surface area (Å²) >= 11 is 0. The van der Waals surface area contributed by atoms with Gasteiger partial charge in [-0.25, -0.2) is 0 Å². The van der Waals surface area contributed by atoms with E-state index < -0.39 is 6.04 Å². The quantitative estimate of drug-likeness (QED) is 0.418. The van der Waals surface area contributed by atoms with Crippen molar-refractivity contribution in [1.29, 1.82) is 0 Å². The highest BCUT2D eigenvalue weighted by molar-refractivity contribution is 6.04. The molecule has 146 valence electrons. The van der Waals surface area contributed by atoms with Crippen LogP contribution in [0.5, 0.6) is 0 Å². The number of hydrogen-bond donors (Lipinski definition) is 0. The molecule has 1 aliphatic heterocycles. The second-order valence-electron chi connectivity index (χ2n) is 7.00. The van der Waals surface area contributed by atoms with Crippen LogP contribution in [0.3, 0.4) is 0 Å². The Labute approximate surface area is 166 Å². The van der Waals surface area contributed by atoms with Gasteiger partial charge in [0.15, 0.2) is 11.7 Å². The summed E-state index contributed by atoms with van der Waals surface area (Å²) in [6.45, 7) is 5.04. The predicted octanol–water partition coefficient (Wildman–Crippen LogP) is 3.80. The average molecular weight is 378 g/mol. The summed E-state index contributed by atoms with van der Waals surface area (Å²) in [6, 6.07) is 17.0. The molecule has 2 aromatic rings. The molecule has 1 unspecified atom stereocenters. The molecular formula is C23H26N2O3. The maximum absolute atomic E-state index is 12.9. The molecule has 1 heterocycles. The standard InChI is InChI=1S/C23H26N2O3/c1-17-8-6-7-11-20(17)23(27)21-12-13-22(26)25(21)15-14-24-18(2)28-16-19-9-4-3-5-10-19/h3-11,21H,12-16H2,1-2H3. The molecule has 28 heavy (non-hydrogen) atoms. The Kier molecular flexibility index (Phi) is 6.58. The third-order valence-electron chi connectivity index (χ3n) is 5.01. The third-order valence-corrected chi connectivity index (χ3v) is 5.01. The van der Waals surface area contributed by atoms with Crippen LogP contribution in [0, 0.1) is 6.92 Å². The van der Waals surface area contributed by atoms with Crippen molar-refractivity contribution in [2.24, 2.45) is 4.99 Å². The number of carbonyl (C=O) groups excluding carboxylic acids is 2. The molecule has 1 fully saturated rings. The van der Waals surface area contributed by atoms with Crippen molar-refractivity contribution < 1.29 is 14.3 Å². The van der Waals surface area contributed by atoms with Crippen molar-refractivity contribution in [1.82, 2.24) is 4.90 Å². The number of likely N-dealkylation sites (tertiary alicyclic amines) is 1. The maximum Gasteiger partial charge on any atom is 0.223 e. The van der Waals surface area contributed by atoms with Gasteiger partial charge in [-0.05, 0) is 24.5 Å². The van der Waals surface area contributed by atoms with Crippen LogP contribution in [0.25, 0.3) is 0 Å². The zero-order valence-corrected chi connectivity index (χ0v) is 16.4. The van der Waals surface area contributed by atoms with E-state index >= 15 is 0 Å². The van der Waals surface area contributed by atoms with E-state index in [-0.39, 0.29) is 11.7 Å². The number of carbonyl (C=O) groups is 2. The molecule has 0 bridgehead atoms. The van der Waals surface area contributed by atoms with Crippen LogP contribution in [0.2, 0.25) is 0 Å². The highest BCUT2D eigenvalue weighted by atomic mass is 16.5. The van der Waals surface area contributed by atoms with E-state index in [1.54, 1.807) is 4.90 Å². The van der Waals surface area contributed by atoms with Crippen molar-refractivity contribution in [3.63, 3.8) is 0 Å². The summed E-state index contributed by atoms with van der Waals surface area (Å²) in [6.07, 6.45) is 0.981. The predicted molar refractivity (Wildman–Crippen MR) is 109 cm³/mol.